The van der Waals surface area contributed by atoms with Crippen LogP contribution in [0, 0.1) is 13.8 Å². The van der Waals surface area contributed by atoms with Gasteiger partial charge >= 0.3 is 0 Å². The summed E-state index contributed by atoms with van der Waals surface area (Å²) in [6.07, 6.45) is 3.80. The highest BCUT2D eigenvalue weighted by molar-refractivity contribution is 5.94. The molecule has 0 amide bonds. The Morgan fingerprint density at radius 1 is 0.800 bits per heavy atom. The molecule has 178 valence electrons. The standard InChI is InChI=1S/C17H15NO.C14H18N2/c1-12-6-5-7-13(10-12)15-11-17(19)18(2)16-9-4-3-8-14(15)16;1-11-5-7-12(8-6-11)14(2,3)13-9-15-10-16(13)4/h3-11H,1-2H3;5-10H,1-4H3. The number of nitrogens with zero attached hydrogens (tertiary/aromatic N) is 3. The van der Waals surface area contributed by atoms with E-state index in [1.165, 1.54) is 22.4 Å². The number of para-hydroxylation sites is 1. The third-order valence-corrected chi connectivity index (χ3v) is 6.71. The zero-order valence-corrected chi connectivity index (χ0v) is 21.4. The van der Waals surface area contributed by atoms with Crippen LogP contribution >= 0.6 is 0 Å². The Balaban J connectivity index is 0.000000168. The second kappa shape index (κ2) is 9.75. The highest BCUT2D eigenvalue weighted by Gasteiger charge is 2.25. The van der Waals surface area contributed by atoms with Crippen molar-refractivity contribution < 1.29 is 0 Å². The average Bonchev–Trinajstić information content (AvgIpc) is 3.29. The number of rotatable bonds is 3. The van der Waals surface area contributed by atoms with Crippen molar-refractivity contribution >= 4 is 10.9 Å². The Morgan fingerprint density at radius 2 is 1.51 bits per heavy atom. The summed E-state index contributed by atoms with van der Waals surface area (Å²) in [5.74, 6) is 0. The monoisotopic (exact) mass is 463 g/mol. The van der Waals surface area contributed by atoms with Gasteiger partial charge in [-0.2, -0.15) is 0 Å². The lowest BCUT2D eigenvalue weighted by atomic mass is 9.81. The molecule has 0 unspecified atom stereocenters. The van der Waals surface area contributed by atoms with Gasteiger partial charge in [-0.3, -0.25) is 4.79 Å². The van der Waals surface area contributed by atoms with Gasteiger partial charge in [-0.1, -0.05) is 91.7 Å². The van der Waals surface area contributed by atoms with Crippen LogP contribution in [0.3, 0.4) is 0 Å². The van der Waals surface area contributed by atoms with Gasteiger partial charge in [-0.25, -0.2) is 4.98 Å². The molecule has 0 aliphatic rings. The van der Waals surface area contributed by atoms with Crippen molar-refractivity contribution in [3.05, 3.63) is 124 Å². The SMILES string of the molecule is Cc1ccc(C(C)(C)c2cncn2C)cc1.Cc1cccc(-c2cc(=O)n(C)c3ccccc23)c1. The third-order valence-electron chi connectivity index (χ3n) is 6.71. The van der Waals surface area contributed by atoms with Gasteiger partial charge in [0, 0.05) is 42.9 Å². The molecule has 2 aromatic heterocycles. The predicted octanol–water partition coefficient (Wildman–Crippen LogP) is 6.57. The van der Waals surface area contributed by atoms with Gasteiger partial charge in [0.2, 0.25) is 0 Å². The van der Waals surface area contributed by atoms with Crippen molar-refractivity contribution in [3.63, 3.8) is 0 Å². The molecule has 3 aromatic carbocycles. The first-order valence-electron chi connectivity index (χ1n) is 11.9. The number of fused-ring (bicyclic) bond motifs is 1. The molecule has 4 nitrogen and oxygen atoms in total. The molecule has 0 bridgehead atoms. The maximum absolute atomic E-state index is 12.1. The van der Waals surface area contributed by atoms with Crippen molar-refractivity contribution in [2.45, 2.75) is 33.1 Å². The summed E-state index contributed by atoms with van der Waals surface area (Å²) in [7, 11) is 3.85. The number of imidazole rings is 1. The lowest BCUT2D eigenvalue weighted by Crippen LogP contribution is -2.22. The van der Waals surface area contributed by atoms with E-state index < -0.39 is 0 Å². The fourth-order valence-electron chi connectivity index (χ4n) is 4.54. The number of benzene rings is 3. The Morgan fingerprint density at radius 3 is 2.17 bits per heavy atom. The van der Waals surface area contributed by atoms with Crippen LogP contribution in [0.1, 0.15) is 36.2 Å². The van der Waals surface area contributed by atoms with Crippen molar-refractivity contribution in [1.82, 2.24) is 14.1 Å². The summed E-state index contributed by atoms with van der Waals surface area (Å²) in [6, 6.07) is 26.7. The molecule has 5 rings (SSSR count). The number of aromatic nitrogens is 3. The molecule has 0 saturated heterocycles. The molecule has 0 radical (unpaired) electrons. The number of hydrogen-bond acceptors (Lipinski definition) is 2. The van der Waals surface area contributed by atoms with Gasteiger partial charge in [0.05, 0.1) is 11.8 Å². The third kappa shape index (κ3) is 4.97. The van der Waals surface area contributed by atoms with Gasteiger partial charge < -0.3 is 9.13 Å². The lowest BCUT2D eigenvalue weighted by molar-refractivity contribution is 0.585. The van der Waals surface area contributed by atoms with Crippen LogP contribution in [0.5, 0.6) is 0 Å². The van der Waals surface area contributed by atoms with E-state index in [4.69, 9.17) is 0 Å². The number of hydrogen-bond donors (Lipinski definition) is 0. The fourth-order valence-corrected chi connectivity index (χ4v) is 4.54. The minimum Gasteiger partial charge on any atom is -0.337 e. The molecule has 0 aliphatic heterocycles. The smallest absolute Gasteiger partial charge is 0.251 e. The first-order valence-corrected chi connectivity index (χ1v) is 11.9. The van der Waals surface area contributed by atoms with Gasteiger partial charge in [-0.15, -0.1) is 0 Å². The summed E-state index contributed by atoms with van der Waals surface area (Å²) >= 11 is 0. The van der Waals surface area contributed by atoms with Gasteiger partial charge in [0.1, 0.15) is 0 Å². The summed E-state index contributed by atoms with van der Waals surface area (Å²) < 4.78 is 3.77. The van der Waals surface area contributed by atoms with E-state index in [2.05, 4.69) is 79.7 Å². The normalized spacial score (nSPS) is 11.3. The van der Waals surface area contributed by atoms with E-state index in [0.29, 0.717) is 0 Å². The van der Waals surface area contributed by atoms with Crippen LogP contribution in [0.15, 0.2) is 96.2 Å². The maximum Gasteiger partial charge on any atom is 0.251 e. The Bertz CT molecular complexity index is 1520. The lowest BCUT2D eigenvalue weighted by Gasteiger charge is -2.25. The topological polar surface area (TPSA) is 39.8 Å². The first kappa shape index (κ1) is 24.2. The molecule has 4 heteroatoms. The highest BCUT2D eigenvalue weighted by atomic mass is 16.1. The highest BCUT2D eigenvalue weighted by Crippen LogP contribution is 2.31. The summed E-state index contributed by atoms with van der Waals surface area (Å²) in [6.45, 7) is 8.64. The van der Waals surface area contributed by atoms with E-state index >= 15 is 0 Å². The quantitative estimate of drug-likeness (QED) is 0.304. The Hall–Kier alpha value is -3.92. The second-order valence-corrected chi connectivity index (χ2v) is 9.72. The van der Waals surface area contributed by atoms with Crippen LogP contribution in [0.25, 0.3) is 22.0 Å². The molecule has 0 N–H and O–H groups in total. The maximum atomic E-state index is 12.1. The molecule has 5 aromatic rings. The van der Waals surface area contributed by atoms with E-state index in [9.17, 15) is 4.79 Å². The largest absolute Gasteiger partial charge is 0.337 e. The molecule has 0 fully saturated rings. The van der Waals surface area contributed by atoms with Crippen LogP contribution in [0.4, 0.5) is 0 Å². The van der Waals surface area contributed by atoms with Gasteiger partial charge in [0.25, 0.3) is 5.56 Å². The summed E-state index contributed by atoms with van der Waals surface area (Å²) in [5.41, 5.74) is 8.13. The van der Waals surface area contributed by atoms with Crippen molar-refractivity contribution in [1.29, 1.82) is 0 Å². The fraction of sp³-hybridized carbons (Fsp3) is 0.226. The van der Waals surface area contributed by atoms with E-state index in [-0.39, 0.29) is 11.0 Å². The second-order valence-electron chi connectivity index (χ2n) is 9.72. The molecule has 0 atom stereocenters. The van der Waals surface area contributed by atoms with Crippen molar-refractivity contribution in [2.24, 2.45) is 14.1 Å². The minimum absolute atomic E-state index is 0.00104. The zero-order valence-electron chi connectivity index (χ0n) is 21.4. The van der Waals surface area contributed by atoms with E-state index in [0.717, 1.165) is 22.0 Å². The molecule has 0 saturated carbocycles. The van der Waals surface area contributed by atoms with E-state index in [1.54, 1.807) is 10.6 Å². The number of aryl methyl sites for hydroxylation is 4. The van der Waals surface area contributed by atoms with Gasteiger partial charge in [0.15, 0.2) is 0 Å². The van der Waals surface area contributed by atoms with Crippen LogP contribution in [-0.2, 0) is 19.5 Å². The molecular formula is C31H33N3O. The minimum atomic E-state index is -0.00104. The molecule has 0 spiro atoms. The van der Waals surface area contributed by atoms with Crippen molar-refractivity contribution in [2.75, 3.05) is 0 Å². The Labute approximate surface area is 207 Å². The van der Waals surface area contributed by atoms with Crippen LogP contribution < -0.4 is 5.56 Å². The predicted molar refractivity (Wildman–Crippen MR) is 146 cm³/mol. The Kier molecular flexibility index (Phi) is 6.74. The van der Waals surface area contributed by atoms with E-state index in [1.807, 2.05) is 57.0 Å². The van der Waals surface area contributed by atoms with Crippen LogP contribution in [0.2, 0.25) is 0 Å². The van der Waals surface area contributed by atoms with Crippen LogP contribution in [-0.4, -0.2) is 14.1 Å². The summed E-state index contributed by atoms with van der Waals surface area (Å²) in [4.78, 5) is 16.3. The first-order chi connectivity index (χ1) is 16.7. The van der Waals surface area contributed by atoms with Gasteiger partial charge in [-0.05, 0) is 36.6 Å². The molecule has 35 heavy (non-hydrogen) atoms. The molecule has 0 aliphatic carbocycles. The van der Waals surface area contributed by atoms with Crippen molar-refractivity contribution in [3.8, 4) is 11.1 Å². The molecule has 2 heterocycles. The summed E-state index contributed by atoms with van der Waals surface area (Å²) in [5, 5.41) is 1.11. The average molecular weight is 464 g/mol. The zero-order chi connectivity index (χ0) is 25.2. The molecular weight excluding hydrogens is 430 g/mol. The number of pyridine rings is 1.